The number of ether oxygens (including phenoxy) is 2. The van der Waals surface area contributed by atoms with Gasteiger partial charge in [0.25, 0.3) is 5.78 Å². The highest BCUT2D eigenvalue weighted by molar-refractivity contribution is 8.00. The Hall–Kier alpha value is -3.86. The minimum absolute atomic E-state index is 0.0174. The number of rotatable bonds is 10. The second-order valence-electron chi connectivity index (χ2n) is 11.5. The van der Waals surface area contributed by atoms with E-state index in [1.807, 2.05) is 61.5 Å². The van der Waals surface area contributed by atoms with Crippen LogP contribution < -0.4 is 14.4 Å². The summed E-state index contributed by atoms with van der Waals surface area (Å²) in [5.41, 5.74) is 2.90. The number of ketones is 1. The highest BCUT2D eigenvalue weighted by atomic mass is 35.5. The molecule has 0 bridgehead atoms. The number of benzene rings is 3. The van der Waals surface area contributed by atoms with Gasteiger partial charge in [0.1, 0.15) is 23.4 Å². The Morgan fingerprint density at radius 3 is 2.76 bits per heavy atom. The fourth-order valence-electron chi connectivity index (χ4n) is 5.37. The van der Waals surface area contributed by atoms with Gasteiger partial charge in [-0.3, -0.25) is 14.5 Å². The zero-order chi connectivity index (χ0) is 31.7. The molecule has 1 amide bonds. The van der Waals surface area contributed by atoms with Gasteiger partial charge in [0.05, 0.1) is 18.2 Å². The van der Waals surface area contributed by atoms with Crippen LogP contribution in [-0.2, 0) is 21.8 Å². The van der Waals surface area contributed by atoms with E-state index in [4.69, 9.17) is 21.1 Å². The second kappa shape index (κ2) is 13.2. The van der Waals surface area contributed by atoms with Gasteiger partial charge in [0.2, 0.25) is 5.13 Å². The maximum atomic E-state index is 13.7. The molecule has 3 heterocycles. The smallest absolute Gasteiger partial charge is 0.301 e. The SMILES string of the molecule is CC(C)CCOc1cccc([C@@H]2/C(=C(\O)c3ccc4c(c3)C[C@@H](C)O4)C(=O)C(=O)N2c2nnc(SCc3ccccc3Cl)s2)c1. The van der Waals surface area contributed by atoms with Crippen molar-refractivity contribution in [3.8, 4) is 11.5 Å². The lowest BCUT2D eigenvalue weighted by atomic mass is 9.94. The molecule has 8 nitrogen and oxygen atoms in total. The first-order valence-corrected chi connectivity index (χ1v) is 16.9. The normalized spacial score (nSPS) is 18.8. The number of hydrogen-bond donors (Lipinski definition) is 1. The largest absolute Gasteiger partial charge is 0.507 e. The van der Waals surface area contributed by atoms with Gasteiger partial charge in [0.15, 0.2) is 4.34 Å². The third kappa shape index (κ3) is 6.59. The molecule has 0 radical (unpaired) electrons. The third-order valence-corrected chi connectivity index (χ3v) is 10.1. The van der Waals surface area contributed by atoms with Crippen LogP contribution in [0.15, 0.2) is 76.6 Å². The van der Waals surface area contributed by atoms with Crippen molar-refractivity contribution in [2.75, 3.05) is 11.5 Å². The Labute approximate surface area is 275 Å². The number of carbonyl (C=O) groups is 2. The average Bonchev–Trinajstić information content (AvgIpc) is 3.71. The molecule has 2 atom stereocenters. The van der Waals surface area contributed by atoms with Crippen LogP contribution in [0.1, 0.15) is 55.5 Å². The first kappa shape index (κ1) is 31.1. The maximum Gasteiger partial charge on any atom is 0.301 e. The predicted octanol–water partition coefficient (Wildman–Crippen LogP) is 7.86. The van der Waals surface area contributed by atoms with Gasteiger partial charge in [0, 0.05) is 22.8 Å². The van der Waals surface area contributed by atoms with Crippen LogP contribution in [0.4, 0.5) is 5.13 Å². The van der Waals surface area contributed by atoms with Crippen molar-refractivity contribution in [1.82, 2.24) is 10.2 Å². The van der Waals surface area contributed by atoms with E-state index in [-0.39, 0.29) is 22.6 Å². The number of thioether (sulfide) groups is 1. The van der Waals surface area contributed by atoms with Crippen molar-refractivity contribution < 1.29 is 24.2 Å². The lowest BCUT2D eigenvalue weighted by molar-refractivity contribution is -0.132. The Morgan fingerprint density at radius 1 is 1.13 bits per heavy atom. The van der Waals surface area contributed by atoms with Crippen molar-refractivity contribution in [3.63, 3.8) is 0 Å². The molecule has 1 saturated heterocycles. The number of aliphatic hydroxyl groups is 1. The number of hydrogen-bond acceptors (Lipinski definition) is 9. The molecule has 232 valence electrons. The number of nitrogens with zero attached hydrogens (tertiary/aromatic N) is 3. The van der Waals surface area contributed by atoms with Gasteiger partial charge in [-0.2, -0.15) is 0 Å². The van der Waals surface area contributed by atoms with Crippen LogP contribution in [-0.4, -0.2) is 39.7 Å². The average molecular weight is 662 g/mol. The molecule has 1 fully saturated rings. The predicted molar refractivity (Wildman–Crippen MR) is 177 cm³/mol. The van der Waals surface area contributed by atoms with E-state index in [1.54, 1.807) is 12.1 Å². The molecule has 11 heteroatoms. The molecule has 45 heavy (non-hydrogen) atoms. The molecule has 1 aromatic heterocycles. The summed E-state index contributed by atoms with van der Waals surface area (Å²) in [6.45, 7) is 6.76. The molecule has 3 aromatic carbocycles. The van der Waals surface area contributed by atoms with Crippen molar-refractivity contribution in [3.05, 3.63) is 99.6 Å². The molecule has 0 spiro atoms. The molecular weight excluding hydrogens is 630 g/mol. The highest BCUT2D eigenvalue weighted by Crippen LogP contribution is 2.45. The van der Waals surface area contributed by atoms with Crippen molar-refractivity contribution >= 4 is 57.3 Å². The number of aromatic nitrogens is 2. The van der Waals surface area contributed by atoms with Crippen LogP contribution >= 0.6 is 34.7 Å². The topological polar surface area (TPSA) is 102 Å². The molecule has 2 aliphatic heterocycles. The maximum absolute atomic E-state index is 13.7. The third-order valence-electron chi connectivity index (χ3n) is 7.66. The van der Waals surface area contributed by atoms with Crippen molar-refractivity contribution in [2.24, 2.45) is 5.92 Å². The number of amides is 1. The Kier molecular flexibility index (Phi) is 9.16. The first-order valence-electron chi connectivity index (χ1n) is 14.7. The summed E-state index contributed by atoms with van der Waals surface area (Å²) >= 11 is 8.98. The van der Waals surface area contributed by atoms with Gasteiger partial charge in [-0.05, 0) is 72.4 Å². The van der Waals surface area contributed by atoms with Crippen LogP contribution in [0, 0.1) is 5.92 Å². The van der Waals surface area contributed by atoms with Gasteiger partial charge in [-0.1, -0.05) is 78.9 Å². The molecule has 0 saturated carbocycles. The number of halogens is 1. The molecule has 0 aliphatic carbocycles. The minimum atomic E-state index is -0.948. The molecule has 1 N–H and O–H groups in total. The first-order chi connectivity index (χ1) is 21.7. The highest BCUT2D eigenvalue weighted by Gasteiger charge is 2.48. The number of carbonyl (C=O) groups excluding carboxylic acids is 2. The summed E-state index contributed by atoms with van der Waals surface area (Å²) in [5.74, 6) is 0.551. The van der Waals surface area contributed by atoms with E-state index in [1.165, 1.54) is 28.0 Å². The molecule has 0 unspecified atom stereocenters. The fraction of sp³-hybridized carbons (Fsp3) is 0.294. The zero-order valence-corrected chi connectivity index (χ0v) is 27.4. The number of anilines is 1. The Morgan fingerprint density at radius 2 is 1.96 bits per heavy atom. The summed E-state index contributed by atoms with van der Waals surface area (Å²) in [5, 5.41) is 21.2. The summed E-state index contributed by atoms with van der Waals surface area (Å²) < 4.78 is 12.5. The molecule has 6 rings (SSSR count). The molecule has 2 aliphatic rings. The van der Waals surface area contributed by atoms with Crippen molar-refractivity contribution in [2.45, 2.75) is 55.9 Å². The van der Waals surface area contributed by atoms with Crippen molar-refractivity contribution in [1.29, 1.82) is 0 Å². The summed E-state index contributed by atoms with van der Waals surface area (Å²) in [6, 6.07) is 19.2. The number of fused-ring (bicyclic) bond motifs is 1. The zero-order valence-electron chi connectivity index (χ0n) is 25.0. The van der Waals surface area contributed by atoms with Gasteiger partial charge < -0.3 is 14.6 Å². The summed E-state index contributed by atoms with van der Waals surface area (Å²) in [7, 11) is 0. The quantitative estimate of drug-likeness (QED) is 0.0603. The van der Waals surface area contributed by atoms with E-state index < -0.39 is 17.7 Å². The molecular formula is C34H32ClN3O5S2. The van der Waals surface area contributed by atoms with Crippen LogP contribution in [0.3, 0.4) is 0 Å². The lowest BCUT2D eigenvalue weighted by Gasteiger charge is -2.23. The van der Waals surface area contributed by atoms with Gasteiger partial charge in [-0.25, -0.2) is 0 Å². The summed E-state index contributed by atoms with van der Waals surface area (Å²) in [4.78, 5) is 28.8. The monoisotopic (exact) mass is 661 g/mol. The van der Waals surface area contributed by atoms with Gasteiger partial charge >= 0.3 is 5.91 Å². The van der Waals surface area contributed by atoms with E-state index in [9.17, 15) is 14.7 Å². The Balaban J connectivity index is 1.38. The van der Waals surface area contributed by atoms with Gasteiger partial charge in [-0.15, -0.1) is 10.2 Å². The van der Waals surface area contributed by atoms with E-state index in [0.717, 1.165) is 23.3 Å². The minimum Gasteiger partial charge on any atom is -0.507 e. The lowest BCUT2D eigenvalue weighted by Crippen LogP contribution is -2.29. The standard InChI is InChI=1S/C34H32ClN3O5S2/c1-19(2)13-14-42-25-9-6-8-21(17-25)29-28(30(39)22-11-12-27-24(16-22)15-20(3)43-27)31(40)32(41)38(29)33-36-37-34(45-33)44-18-23-7-4-5-10-26(23)35/h4-12,16-17,19-20,29,39H,13-15,18H2,1-3H3/b30-28+/t20-,29-/m1/s1. The summed E-state index contributed by atoms with van der Waals surface area (Å²) in [6.07, 6.45) is 1.58. The van der Waals surface area contributed by atoms with Crippen LogP contribution in [0.2, 0.25) is 5.02 Å². The van der Waals surface area contributed by atoms with E-state index in [0.29, 0.717) is 50.9 Å². The van der Waals surface area contributed by atoms with E-state index in [2.05, 4.69) is 24.0 Å². The Bertz CT molecular complexity index is 1790. The molecule has 4 aromatic rings. The van der Waals surface area contributed by atoms with Crippen LogP contribution in [0.25, 0.3) is 5.76 Å². The number of Topliss-reactive ketones (excluding diaryl/α,β-unsaturated/α-hetero) is 1. The second-order valence-corrected chi connectivity index (χ2v) is 14.0. The van der Waals surface area contributed by atoms with E-state index >= 15 is 0 Å². The fourth-order valence-corrected chi connectivity index (χ4v) is 7.52. The van der Waals surface area contributed by atoms with Crippen LogP contribution in [0.5, 0.6) is 11.5 Å². The number of aliphatic hydroxyl groups excluding tert-OH is 1.